The van der Waals surface area contributed by atoms with Gasteiger partial charge in [0.25, 0.3) is 0 Å². The van der Waals surface area contributed by atoms with Gasteiger partial charge >= 0.3 is 6.18 Å². The van der Waals surface area contributed by atoms with E-state index in [1.807, 2.05) is 12.3 Å². The Morgan fingerprint density at radius 1 is 1.11 bits per heavy atom. The van der Waals surface area contributed by atoms with E-state index >= 15 is 0 Å². The van der Waals surface area contributed by atoms with Crippen molar-refractivity contribution in [1.29, 1.82) is 0 Å². The van der Waals surface area contributed by atoms with Gasteiger partial charge in [-0.25, -0.2) is 9.97 Å². The number of nitrogens with one attached hydrogen (secondary N) is 1. The number of hydrogen-bond donors (Lipinski definition) is 1. The summed E-state index contributed by atoms with van der Waals surface area (Å²) in [4.78, 5) is 13.9. The molecule has 0 aliphatic carbocycles. The van der Waals surface area contributed by atoms with Crippen LogP contribution in [-0.4, -0.2) is 42.6 Å². The summed E-state index contributed by atoms with van der Waals surface area (Å²) in [6.45, 7) is 1.42. The summed E-state index contributed by atoms with van der Waals surface area (Å²) >= 11 is 0. The Morgan fingerprint density at radius 2 is 2.00 bits per heavy atom. The summed E-state index contributed by atoms with van der Waals surface area (Å²) in [6, 6.07) is 4.31. The first kappa shape index (κ1) is 17.0. The number of halogens is 3. The van der Waals surface area contributed by atoms with Crippen molar-refractivity contribution in [1.82, 2.24) is 29.5 Å². The Labute approximate surface area is 157 Å². The van der Waals surface area contributed by atoms with Crippen LogP contribution in [0.15, 0.2) is 36.9 Å². The zero-order valence-electron chi connectivity index (χ0n) is 14.7. The van der Waals surface area contributed by atoms with Crippen molar-refractivity contribution < 1.29 is 13.2 Å². The second-order valence-electron chi connectivity index (χ2n) is 6.92. The third kappa shape index (κ3) is 2.76. The molecular formula is C18H16F3N7. The molecule has 5 rings (SSSR count). The van der Waals surface area contributed by atoms with E-state index in [1.165, 1.54) is 16.8 Å². The minimum Gasteiger partial charge on any atom is -0.355 e. The first-order chi connectivity index (χ1) is 13.5. The molecule has 10 heteroatoms. The molecule has 1 saturated heterocycles. The van der Waals surface area contributed by atoms with Crippen LogP contribution in [0.25, 0.3) is 16.7 Å². The van der Waals surface area contributed by atoms with Crippen LogP contribution in [0.1, 0.15) is 30.1 Å². The number of pyridine rings is 1. The highest BCUT2D eigenvalue weighted by Crippen LogP contribution is 2.33. The molecule has 5 heterocycles. The number of aromatic amines is 1. The van der Waals surface area contributed by atoms with E-state index in [0.717, 1.165) is 48.5 Å². The van der Waals surface area contributed by atoms with Crippen LogP contribution in [0.5, 0.6) is 0 Å². The van der Waals surface area contributed by atoms with Crippen LogP contribution < -0.4 is 4.90 Å². The van der Waals surface area contributed by atoms with E-state index in [2.05, 4.69) is 30.0 Å². The van der Waals surface area contributed by atoms with Gasteiger partial charge < -0.3 is 9.88 Å². The molecular weight excluding hydrogens is 371 g/mol. The lowest BCUT2D eigenvalue weighted by atomic mass is 9.97. The van der Waals surface area contributed by atoms with Crippen molar-refractivity contribution in [2.75, 3.05) is 18.0 Å². The number of fused-ring (bicyclic) bond motifs is 2. The zero-order valence-corrected chi connectivity index (χ0v) is 14.7. The van der Waals surface area contributed by atoms with Gasteiger partial charge in [0.15, 0.2) is 5.65 Å². The average molecular weight is 387 g/mol. The standard InChI is InChI=1S/C18H16F3N7/c19-18(20,21)12-3-4-14-25-26-16(28(14)9-12)11-2-1-7-27(8-11)17-13-5-6-22-15(13)23-10-24-17/h3-6,9-11H,1-2,7-8H2,(H,22,23,24). The summed E-state index contributed by atoms with van der Waals surface area (Å²) in [7, 11) is 0. The van der Waals surface area contributed by atoms with Gasteiger partial charge in [0.1, 0.15) is 23.6 Å². The van der Waals surface area contributed by atoms with E-state index in [9.17, 15) is 13.2 Å². The summed E-state index contributed by atoms with van der Waals surface area (Å²) in [5, 5.41) is 9.18. The minimum atomic E-state index is -4.41. The molecule has 0 aromatic carbocycles. The monoisotopic (exact) mass is 387 g/mol. The normalized spacial score (nSPS) is 18.2. The Bertz CT molecular complexity index is 1150. The summed E-state index contributed by atoms with van der Waals surface area (Å²) < 4.78 is 40.8. The number of alkyl halides is 3. The summed E-state index contributed by atoms with van der Waals surface area (Å²) in [5.41, 5.74) is 0.462. The predicted octanol–water partition coefficient (Wildman–Crippen LogP) is 3.40. The number of piperidine rings is 1. The fourth-order valence-electron chi connectivity index (χ4n) is 3.85. The molecule has 1 aliphatic heterocycles. The van der Waals surface area contributed by atoms with E-state index in [1.54, 1.807) is 0 Å². The third-order valence-corrected chi connectivity index (χ3v) is 5.18. The number of rotatable bonds is 2. The van der Waals surface area contributed by atoms with Crippen LogP contribution in [0.3, 0.4) is 0 Å². The summed E-state index contributed by atoms with van der Waals surface area (Å²) in [5.74, 6) is 1.32. The van der Waals surface area contributed by atoms with Gasteiger partial charge in [-0.2, -0.15) is 13.2 Å². The molecule has 28 heavy (non-hydrogen) atoms. The lowest BCUT2D eigenvalue weighted by Crippen LogP contribution is -2.35. The number of aromatic nitrogens is 6. The molecule has 0 bridgehead atoms. The van der Waals surface area contributed by atoms with Crippen LogP contribution in [0.4, 0.5) is 19.0 Å². The lowest BCUT2D eigenvalue weighted by Gasteiger charge is -2.33. The highest BCUT2D eigenvalue weighted by molar-refractivity contribution is 5.87. The van der Waals surface area contributed by atoms with Crippen molar-refractivity contribution in [3.8, 4) is 0 Å². The Balaban J connectivity index is 1.51. The highest BCUT2D eigenvalue weighted by atomic mass is 19.4. The van der Waals surface area contributed by atoms with Crippen LogP contribution in [0, 0.1) is 0 Å². The second kappa shape index (κ2) is 6.18. The fourth-order valence-corrected chi connectivity index (χ4v) is 3.85. The third-order valence-electron chi connectivity index (χ3n) is 5.18. The first-order valence-electron chi connectivity index (χ1n) is 8.95. The van der Waals surface area contributed by atoms with Crippen LogP contribution in [0.2, 0.25) is 0 Å². The van der Waals surface area contributed by atoms with Crippen molar-refractivity contribution in [2.45, 2.75) is 24.9 Å². The minimum absolute atomic E-state index is 0.0452. The van der Waals surface area contributed by atoms with Gasteiger partial charge in [0.05, 0.1) is 10.9 Å². The number of hydrogen-bond acceptors (Lipinski definition) is 5. The average Bonchev–Trinajstić information content (AvgIpc) is 3.33. The van der Waals surface area contributed by atoms with Gasteiger partial charge in [-0.1, -0.05) is 0 Å². The number of anilines is 1. The quantitative estimate of drug-likeness (QED) is 0.571. The van der Waals surface area contributed by atoms with Gasteiger partial charge in [-0.15, -0.1) is 10.2 Å². The van der Waals surface area contributed by atoms with E-state index in [-0.39, 0.29) is 5.92 Å². The molecule has 1 aliphatic rings. The van der Waals surface area contributed by atoms with Gasteiger partial charge in [-0.3, -0.25) is 4.40 Å². The first-order valence-corrected chi connectivity index (χ1v) is 8.95. The molecule has 0 spiro atoms. The molecule has 144 valence electrons. The van der Waals surface area contributed by atoms with Gasteiger partial charge in [-0.05, 0) is 31.0 Å². The van der Waals surface area contributed by atoms with Crippen LogP contribution in [-0.2, 0) is 6.18 Å². The largest absolute Gasteiger partial charge is 0.417 e. The summed E-state index contributed by atoms with van der Waals surface area (Å²) in [6.07, 6.45) is 1.71. The highest BCUT2D eigenvalue weighted by Gasteiger charge is 2.32. The molecule has 0 amide bonds. The fraction of sp³-hybridized carbons (Fsp3) is 0.333. The van der Waals surface area contributed by atoms with E-state index in [4.69, 9.17) is 0 Å². The SMILES string of the molecule is FC(F)(F)c1ccc2nnc(C3CCCN(c4ncnc5[nH]ccc45)C3)n2c1. The Kier molecular flexibility index (Phi) is 3.74. The molecule has 1 atom stereocenters. The topological polar surface area (TPSA) is 75.0 Å². The molecule has 4 aromatic heterocycles. The van der Waals surface area contributed by atoms with Crippen molar-refractivity contribution in [3.63, 3.8) is 0 Å². The van der Waals surface area contributed by atoms with Crippen molar-refractivity contribution in [3.05, 3.63) is 48.3 Å². The molecule has 7 nitrogen and oxygen atoms in total. The Morgan fingerprint density at radius 3 is 2.86 bits per heavy atom. The maximum absolute atomic E-state index is 13.1. The molecule has 0 saturated carbocycles. The smallest absolute Gasteiger partial charge is 0.355 e. The van der Waals surface area contributed by atoms with E-state index < -0.39 is 11.7 Å². The molecule has 4 aromatic rings. The number of nitrogens with zero attached hydrogens (tertiary/aromatic N) is 6. The second-order valence-corrected chi connectivity index (χ2v) is 6.92. The molecule has 1 fully saturated rings. The lowest BCUT2D eigenvalue weighted by molar-refractivity contribution is -0.137. The van der Waals surface area contributed by atoms with Crippen molar-refractivity contribution >= 4 is 22.5 Å². The zero-order chi connectivity index (χ0) is 19.3. The molecule has 1 unspecified atom stereocenters. The van der Waals surface area contributed by atoms with E-state index in [0.29, 0.717) is 18.0 Å². The van der Waals surface area contributed by atoms with Crippen LogP contribution >= 0.6 is 0 Å². The molecule has 0 radical (unpaired) electrons. The Hall–Kier alpha value is -3.17. The van der Waals surface area contributed by atoms with Gasteiger partial charge in [0, 0.05) is 31.4 Å². The maximum atomic E-state index is 13.1. The van der Waals surface area contributed by atoms with Gasteiger partial charge in [0.2, 0.25) is 0 Å². The molecule has 1 N–H and O–H groups in total. The maximum Gasteiger partial charge on any atom is 0.417 e. The van der Waals surface area contributed by atoms with Crippen molar-refractivity contribution in [2.24, 2.45) is 0 Å². The predicted molar refractivity (Wildman–Crippen MR) is 96.1 cm³/mol. The number of H-pyrrole nitrogens is 1.